The molecule has 0 saturated heterocycles. The monoisotopic (exact) mass is 276 g/mol. The van der Waals surface area contributed by atoms with E-state index >= 15 is 0 Å². The van der Waals surface area contributed by atoms with Gasteiger partial charge >= 0.3 is 0 Å². The summed E-state index contributed by atoms with van der Waals surface area (Å²) < 4.78 is 5.56. The van der Waals surface area contributed by atoms with Gasteiger partial charge in [-0.2, -0.15) is 0 Å². The highest BCUT2D eigenvalue weighted by Crippen LogP contribution is 2.12. The molecule has 1 aromatic carbocycles. The van der Waals surface area contributed by atoms with E-state index in [0.29, 0.717) is 0 Å². The van der Waals surface area contributed by atoms with Gasteiger partial charge in [-0.05, 0) is 24.1 Å². The molecule has 0 amide bonds. The van der Waals surface area contributed by atoms with Crippen LogP contribution in [0.15, 0.2) is 35.8 Å². The van der Waals surface area contributed by atoms with Crippen LogP contribution in [-0.4, -0.2) is 18.1 Å². The van der Waals surface area contributed by atoms with Gasteiger partial charge in [-0.3, -0.25) is 0 Å². The highest BCUT2D eigenvalue weighted by atomic mass is 32.1. The molecule has 0 spiro atoms. The second-order valence-electron chi connectivity index (χ2n) is 4.35. The van der Waals surface area contributed by atoms with E-state index in [9.17, 15) is 0 Å². The number of nitrogens with one attached hydrogen (secondary N) is 1. The van der Waals surface area contributed by atoms with Crippen LogP contribution in [0.1, 0.15) is 23.9 Å². The van der Waals surface area contributed by atoms with Gasteiger partial charge in [0, 0.05) is 31.1 Å². The molecule has 0 fully saturated rings. The fraction of sp³-hybridized carbons (Fsp3) is 0.400. The smallest absolute Gasteiger partial charge is 0.119 e. The van der Waals surface area contributed by atoms with E-state index in [0.717, 1.165) is 38.3 Å². The lowest BCUT2D eigenvalue weighted by Gasteiger charge is -2.07. The molecule has 2 rings (SSSR count). The molecule has 0 atom stereocenters. The second kappa shape index (κ2) is 7.92. The summed E-state index contributed by atoms with van der Waals surface area (Å²) >= 11 is 1.71. The van der Waals surface area contributed by atoms with Gasteiger partial charge in [0.05, 0.1) is 11.6 Å². The Kier molecular flexibility index (Phi) is 5.85. The fourth-order valence-electron chi connectivity index (χ4n) is 1.73. The Morgan fingerprint density at radius 2 is 2.11 bits per heavy atom. The standard InChI is InChI=1S/C15H20N2OS/c1-2-10-18-14-5-3-13(4-6-14)12-16-8-7-15-17-9-11-19-15/h3-6,9,11,16H,2,7-8,10,12H2,1H3. The van der Waals surface area contributed by atoms with E-state index in [4.69, 9.17) is 4.74 Å². The number of hydrogen-bond donors (Lipinski definition) is 1. The number of ether oxygens (including phenoxy) is 1. The van der Waals surface area contributed by atoms with Crippen molar-refractivity contribution in [2.75, 3.05) is 13.2 Å². The minimum Gasteiger partial charge on any atom is -0.494 e. The molecule has 3 nitrogen and oxygen atoms in total. The molecular formula is C15H20N2OS. The van der Waals surface area contributed by atoms with E-state index < -0.39 is 0 Å². The zero-order chi connectivity index (χ0) is 13.3. The predicted molar refractivity (Wildman–Crippen MR) is 79.8 cm³/mol. The van der Waals surface area contributed by atoms with Crippen molar-refractivity contribution in [1.29, 1.82) is 0 Å². The first-order chi connectivity index (χ1) is 9.38. The van der Waals surface area contributed by atoms with Crippen LogP contribution >= 0.6 is 11.3 Å². The van der Waals surface area contributed by atoms with Gasteiger partial charge in [-0.25, -0.2) is 4.98 Å². The van der Waals surface area contributed by atoms with Crippen molar-refractivity contribution in [3.05, 3.63) is 46.4 Å². The van der Waals surface area contributed by atoms with Crippen LogP contribution in [0, 0.1) is 0 Å². The zero-order valence-corrected chi connectivity index (χ0v) is 12.1. The Hall–Kier alpha value is -1.39. The van der Waals surface area contributed by atoms with Crippen LogP contribution in [0.3, 0.4) is 0 Å². The second-order valence-corrected chi connectivity index (χ2v) is 5.32. The topological polar surface area (TPSA) is 34.1 Å². The molecule has 102 valence electrons. The Labute approximate surface area is 118 Å². The fourth-order valence-corrected chi connectivity index (χ4v) is 2.35. The molecule has 1 heterocycles. The van der Waals surface area contributed by atoms with Crippen molar-refractivity contribution in [3.8, 4) is 5.75 Å². The largest absolute Gasteiger partial charge is 0.494 e. The summed E-state index contributed by atoms with van der Waals surface area (Å²) in [5, 5.41) is 6.64. The molecule has 0 saturated carbocycles. The Bertz CT molecular complexity index is 454. The van der Waals surface area contributed by atoms with Gasteiger partial charge < -0.3 is 10.1 Å². The normalized spacial score (nSPS) is 10.6. The Morgan fingerprint density at radius 3 is 2.79 bits per heavy atom. The highest BCUT2D eigenvalue weighted by Gasteiger charge is 1.97. The lowest BCUT2D eigenvalue weighted by Crippen LogP contribution is -2.16. The van der Waals surface area contributed by atoms with Crippen molar-refractivity contribution in [3.63, 3.8) is 0 Å². The summed E-state index contributed by atoms with van der Waals surface area (Å²) in [4.78, 5) is 4.26. The van der Waals surface area contributed by atoms with E-state index in [-0.39, 0.29) is 0 Å². The molecule has 0 unspecified atom stereocenters. The van der Waals surface area contributed by atoms with Crippen LogP contribution in [0.25, 0.3) is 0 Å². The van der Waals surface area contributed by atoms with Crippen LogP contribution < -0.4 is 10.1 Å². The number of nitrogens with zero attached hydrogens (tertiary/aromatic N) is 1. The Morgan fingerprint density at radius 1 is 1.26 bits per heavy atom. The van der Waals surface area contributed by atoms with Crippen molar-refractivity contribution >= 4 is 11.3 Å². The quantitative estimate of drug-likeness (QED) is 0.751. The van der Waals surface area contributed by atoms with Crippen LogP contribution in [-0.2, 0) is 13.0 Å². The first-order valence-electron chi connectivity index (χ1n) is 6.69. The van der Waals surface area contributed by atoms with Crippen molar-refractivity contribution in [2.45, 2.75) is 26.3 Å². The molecular weight excluding hydrogens is 256 g/mol. The first kappa shape index (κ1) is 14.0. The SMILES string of the molecule is CCCOc1ccc(CNCCc2nccs2)cc1. The molecule has 2 aromatic rings. The van der Waals surface area contributed by atoms with Crippen molar-refractivity contribution in [1.82, 2.24) is 10.3 Å². The number of thiazole rings is 1. The molecule has 0 aliphatic rings. The molecule has 19 heavy (non-hydrogen) atoms. The molecule has 0 aliphatic carbocycles. The summed E-state index contributed by atoms with van der Waals surface area (Å²) in [6.45, 7) is 4.74. The highest BCUT2D eigenvalue weighted by molar-refractivity contribution is 7.09. The molecule has 0 radical (unpaired) electrons. The predicted octanol–water partition coefficient (Wildman–Crippen LogP) is 3.26. The average molecular weight is 276 g/mol. The van der Waals surface area contributed by atoms with E-state index in [2.05, 4.69) is 29.4 Å². The van der Waals surface area contributed by atoms with Gasteiger partial charge in [-0.15, -0.1) is 11.3 Å². The maximum absolute atomic E-state index is 5.56. The van der Waals surface area contributed by atoms with Crippen LogP contribution in [0.2, 0.25) is 0 Å². The third kappa shape index (κ3) is 5.01. The first-order valence-corrected chi connectivity index (χ1v) is 7.57. The molecule has 1 aromatic heterocycles. The van der Waals surface area contributed by atoms with Crippen molar-refractivity contribution in [2.24, 2.45) is 0 Å². The number of rotatable bonds is 8. The number of benzene rings is 1. The van der Waals surface area contributed by atoms with Crippen molar-refractivity contribution < 1.29 is 4.74 Å². The third-order valence-electron chi connectivity index (χ3n) is 2.72. The van der Waals surface area contributed by atoms with Crippen LogP contribution in [0.5, 0.6) is 5.75 Å². The Balaban J connectivity index is 1.68. The zero-order valence-electron chi connectivity index (χ0n) is 11.3. The van der Waals surface area contributed by atoms with E-state index in [1.54, 1.807) is 11.3 Å². The van der Waals surface area contributed by atoms with E-state index in [1.807, 2.05) is 23.7 Å². The average Bonchev–Trinajstić information content (AvgIpc) is 2.96. The molecule has 0 aliphatic heterocycles. The van der Waals surface area contributed by atoms with E-state index in [1.165, 1.54) is 10.6 Å². The summed E-state index contributed by atoms with van der Waals surface area (Å²) in [6, 6.07) is 8.30. The van der Waals surface area contributed by atoms with Gasteiger partial charge in [0.15, 0.2) is 0 Å². The van der Waals surface area contributed by atoms with Gasteiger partial charge in [0.2, 0.25) is 0 Å². The summed E-state index contributed by atoms with van der Waals surface area (Å²) in [6.07, 6.45) is 3.89. The number of aromatic nitrogens is 1. The lowest BCUT2D eigenvalue weighted by molar-refractivity contribution is 0.317. The minimum absolute atomic E-state index is 0.783. The number of hydrogen-bond acceptors (Lipinski definition) is 4. The van der Waals surface area contributed by atoms with Crippen LogP contribution in [0.4, 0.5) is 0 Å². The summed E-state index contributed by atoms with van der Waals surface area (Å²) in [7, 11) is 0. The minimum atomic E-state index is 0.783. The maximum Gasteiger partial charge on any atom is 0.119 e. The molecule has 1 N–H and O–H groups in total. The maximum atomic E-state index is 5.56. The van der Waals surface area contributed by atoms with Gasteiger partial charge in [0.25, 0.3) is 0 Å². The summed E-state index contributed by atoms with van der Waals surface area (Å²) in [5.74, 6) is 0.952. The molecule has 4 heteroatoms. The lowest BCUT2D eigenvalue weighted by atomic mass is 10.2. The summed E-state index contributed by atoms with van der Waals surface area (Å²) in [5.41, 5.74) is 1.28. The molecule has 0 bridgehead atoms. The van der Waals surface area contributed by atoms with Gasteiger partial charge in [0.1, 0.15) is 5.75 Å². The third-order valence-corrected chi connectivity index (χ3v) is 3.56. The van der Waals surface area contributed by atoms with Gasteiger partial charge in [-0.1, -0.05) is 19.1 Å².